The fourth-order valence-electron chi connectivity index (χ4n) is 2.51. The van der Waals surface area contributed by atoms with Gasteiger partial charge in [0.25, 0.3) is 5.69 Å². The number of piperidine rings is 1. The van der Waals surface area contributed by atoms with Crippen molar-refractivity contribution < 1.29 is 9.66 Å². The Morgan fingerprint density at radius 1 is 1.35 bits per heavy atom. The van der Waals surface area contributed by atoms with Crippen LogP contribution in [0.1, 0.15) is 12.8 Å². The zero-order valence-electron chi connectivity index (χ0n) is 10.9. The normalized spacial score (nSPS) is 18.9. The summed E-state index contributed by atoms with van der Waals surface area (Å²) in [4.78, 5) is 14.7. The lowest BCUT2D eigenvalue weighted by molar-refractivity contribution is -0.383. The molecule has 1 aromatic heterocycles. The lowest BCUT2D eigenvalue weighted by atomic mass is 10.1. The molecule has 6 heteroatoms. The van der Waals surface area contributed by atoms with Crippen LogP contribution >= 0.6 is 0 Å². The van der Waals surface area contributed by atoms with Gasteiger partial charge in [0.2, 0.25) is 0 Å². The number of nitro benzene ring substituents is 1. The van der Waals surface area contributed by atoms with Gasteiger partial charge in [0.15, 0.2) is 0 Å². The number of fused-ring (bicyclic) bond motifs is 1. The van der Waals surface area contributed by atoms with Crippen LogP contribution in [-0.2, 0) is 0 Å². The highest BCUT2D eigenvalue weighted by Gasteiger charge is 2.19. The topological polar surface area (TPSA) is 77.3 Å². The van der Waals surface area contributed by atoms with Crippen molar-refractivity contribution in [2.45, 2.75) is 18.9 Å². The van der Waals surface area contributed by atoms with Crippen molar-refractivity contribution >= 4 is 16.5 Å². The third-order valence-electron chi connectivity index (χ3n) is 3.50. The second-order valence-corrected chi connectivity index (χ2v) is 4.85. The van der Waals surface area contributed by atoms with Crippen LogP contribution in [-0.4, -0.2) is 29.1 Å². The molecule has 0 bridgehead atoms. The molecule has 6 nitrogen and oxygen atoms in total. The van der Waals surface area contributed by atoms with Crippen molar-refractivity contribution in [3.63, 3.8) is 0 Å². The molecule has 1 atom stereocenters. The number of non-ortho nitro benzene ring substituents is 1. The summed E-state index contributed by atoms with van der Waals surface area (Å²) in [5.74, 6) is 0.660. The average molecular weight is 273 g/mol. The van der Waals surface area contributed by atoms with Crippen LogP contribution in [0.5, 0.6) is 5.75 Å². The molecule has 1 aliphatic rings. The van der Waals surface area contributed by atoms with Crippen LogP contribution in [0.25, 0.3) is 10.8 Å². The quantitative estimate of drug-likeness (QED) is 0.685. The summed E-state index contributed by atoms with van der Waals surface area (Å²) in [5.41, 5.74) is 0.0801. The van der Waals surface area contributed by atoms with E-state index >= 15 is 0 Å². The molecular formula is C14H15N3O3. The minimum atomic E-state index is -0.381. The molecule has 1 N–H and O–H groups in total. The van der Waals surface area contributed by atoms with Gasteiger partial charge in [-0.25, -0.2) is 0 Å². The highest BCUT2D eigenvalue weighted by Crippen LogP contribution is 2.33. The van der Waals surface area contributed by atoms with Crippen molar-refractivity contribution in [2.75, 3.05) is 13.1 Å². The van der Waals surface area contributed by atoms with E-state index in [1.165, 1.54) is 6.07 Å². The third-order valence-corrected chi connectivity index (χ3v) is 3.50. The lowest BCUT2D eigenvalue weighted by Crippen LogP contribution is -2.37. The number of nitro groups is 1. The molecule has 3 rings (SSSR count). The first-order valence-electron chi connectivity index (χ1n) is 6.64. The Labute approximate surface area is 115 Å². The maximum absolute atomic E-state index is 11.1. The molecule has 0 saturated carbocycles. The Balaban J connectivity index is 1.99. The second-order valence-electron chi connectivity index (χ2n) is 4.85. The van der Waals surface area contributed by atoms with E-state index in [1.807, 2.05) is 0 Å². The number of pyridine rings is 1. The van der Waals surface area contributed by atoms with E-state index in [9.17, 15) is 10.1 Å². The summed E-state index contributed by atoms with van der Waals surface area (Å²) in [5, 5.41) is 15.6. The van der Waals surface area contributed by atoms with Crippen molar-refractivity contribution in [1.82, 2.24) is 10.3 Å². The van der Waals surface area contributed by atoms with Crippen LogP contribution in [0, 0.1) is 10.1 Å². The minimum Gasteiger partial charge on any atom is -0.488 e. The van der Waals surface area contributed by atoms with Crippen LogP contribution < -0.4 is 10.1 Å². The highest BCUT2D eigenvalue weighted by molar-refractivity contribution is 5.94. The number of nitrogens with one attached hydrogen (secondary N) is 1. The van der Waals surface area contributed by atoms with E-state index in [0.717, 1.165) is 25.9 Å². The van der Waals surface area contributed by atoms with Gasteiger partial charge in [-0.15, -0.1) is 0 Å². The zero-order chi connectivity index (χ0) is 13.9. The summed E-state index contributed by atoms with van der Waals surface area (Å²) in [7, 11) is 0. The first-order valence-corrected chi connectivity index (χ1v) is 6.64. The van der Waals surface area contributed by atoms with Crippen LogP contribution in [0.15, 0.2) is 30.6 Å². The number of aromatic nitrogens is 1. The summed E-state index contributed by atoms with van der Waals surface area (Å²) in [6.07, 6.45) is 5.35. The molecule has 2 aromatic rings. The number of ether oxygens (including phenoxy) is 1. The maximum Gasteiger partial charge on any atom is 0.277 e. The van der Waals surface area contributed by atoms with E-state index in [2.05, 4.69) is 10.3 Å². The molecular weight excluding hydrogens is 258 g/mol. The van der Waals surface area contributed by atoms with Crippen molar-refractivity contribution in [3.05, 3.63) is 40.7 Å². The van der Waals surface area contributed by atoms with Crippen LogP contribution in [0.2, 0.25) is 0 Å². The molecule has 104 valence electrons. The molecule has 0 radical (unpaired) electrons. The van der Waals surface area contributed by atoms with Gasteiger partial charge in [-0.1, -0.05) is 0 Å². The molecule has 0 amide bonds. The largest absolute Gasteiger partial charge is 0.488 e. The first-order chi connectivity index (χ1) is 9.75. The molecule has 1 fully saturated rings. The van der Waals surface area contributed by atoms with Gasteiger partial charge < -0.3 is 10.1 Å². The minimum absolute atomic E-state index is 0.0801. The number of nitrogens with zero attached hydrogens (tertiary/aromatic N) is 2. The number of hydrogen-bond acceptors (Lipinski definition) is 5. The van der Waals surface area contributed by atoms with Gasteiger partial charge in [-0.3, -0.25) is 15.1 Å². The molecule has 1 aromatic carbocycles. The van der Waals surface area contributed by atoms with E-state index in [-0.39, 0.29) is 16.7 Å². The molecule has 20 heavy (non-hydrogen) atoms. The Bertz CT molecular complexity index is 639. The van der Waals surface area contributed by atoms with Crippen LogP contribution in [0.4, 0.5) is 5.69 Å². The first kappa shape index (κ1) is 12.8. The predicted molar refractivity (Wildman–Crippen MR) is 74.9 cm³/mol. The van der Waals surface area contributed by atoms with Gasteiger partial charge in [-0.05, 0) is 31.5 Å². The summed E-state index contributed by atoms with van der Waals surface area (Å²) >= 11 is 0. The van der Waals surface area contributed by atoms with E-state index < -0.39 is 0 Å². The van der Waals surface area contributed by atoms with Crippen molar-refractivity contribution in [1.29, 1.82) is 0 Å². The monoisotopic (exact) mass is 273 g/mol. The molecule has 0 aliphatic carbocycles. The molecule has 1 aliphatic heterocycles. The second kappa shape index (κ2) is 5.42. The predicted octanol–water partition coefficient (Wildman–Crippen LogP) is 2.27. The Hall–Kier alpha value is -2.21. The SMILES string of the molecule is O=[N+]([O-])c1ccc(OC2CCCNC2)c2cnccc12. The highest BCUT2D eigenvalue weighted by atomic mass is 16.6. The molecule has 2 heterocycles. The Kier molecular flexibility index (Phi) is 3.47. The number of rotatable bonds is 3. The summed E-state index contributed by atoms with van der Waals surface area (Å²) < 4.78 is 5.98. The Morgan fingerprint density at radius 2 is 2.25 bits per heavy atom. The van der Waals surface area contributed by atoms with Gasteiger partial charge in [0.05, 0.1) is 10.3 Å². The van der Waals surface area contributed by atoms with Gasteiger partial charge in [0.1, 0.15) is 11.9 Å². The fourth-order valence-corrected chi connectivity index (χ4v) is 2.51. The standard InChI is InChI=1S/C14H15N3O3/c18-17(19)13-3-4-14(12-9-16-7-5-11(12)13)20-10-2-1-6-15-8-10/h3-5,7,9-10,15H,1-2,6,8H2. The van der Waals surface area contributed by atoms with Gasteiger partial charge >= 0.3 is 0 Å². The molecule has 0 spiro atoms. The number of benzene rings is 1. The van der Waals surface area contributed by atoms with Gasteiger partial charge in [-0.2, -0.15) is 0 Å². The van der Waals surface area contributed by atoms with Crippen molar-refractivity contribution in [3.8, 4) is 5.75 Å². The fraction of sp³-hybridized carbons (Fsp3) is 0.357. The summed E-state index contributed by atoms with van der Waals surface area (Å²) in [6.45, 7) is 1.82. The maximum atomic E-state index is 11.1. The van der Waals surface area contributed by atoms with Crippen LogP contribution in [0.3, 0.4) is 0 Å². The van der Waals surface area contributed by atoms with Crippen molar-refractivity contribution in [2.24, 2.45) is 0 Å². The summed E-state index contributed by atoms with van der Waals surface area (Å²) in [6, 6.07) is 4.81. The van der Waals surface area contributed by atoms with Gasteiger partial charge in [0, 0.05) is 30.4 Å². The molecule has 1 unspecified atom stereocenters. The lowest BCUT2D eigenvalue weighted by Gasteiger charge is -2.24. The Morgan fingerprint density at radius 3 is 3.00 bits per heavy atom. The third kappa shape index (κ3) is 2.42. The average Bonchev–Trinajstić information content (AvgIpc) is 2.48. The number of hydrogen-bond donors (Lipinski definition) is 1. The molecule has 1 saturated heterocycles. The smallest absolute Gasteiger partial charge is 0.277 e. The van der Waals surface area contributed by atoms with E-state index in [1.54, 1.807) is 24.5 Å². The van der Waals surface area contributed by atoms with E-state index in [0.29, 0.717) is 16.5 Å². The van der Waals surface area contributed by atoms with E-state index in [4.69, 9.17) is 4.74 Å². The zero-order valence-corrected chi connectivity index (χ0v) is 10.9.